The number of hydrogen-bond acceptors (Lipinski definition) is 3. The Balaban J connectivity index is 1.73. The first-order valence-electron chi connectivity index (χ1n) is 6.80. The first-order chi connectivity index (χ1) is 11.1. The molecular weight excluding hydrogens is 383 g/mol. The Morgan fingerprint density at radius 1 is 1.13 bits per heavy atom. The number of benzene rings is 2. The molecule has 0 saturated heterocycles. The minimum absolute atomic E-state index is 0.323. The average molecular weight is 394 g/mol. The summed E-state index contributed by atoms with van der Waals surface area (Å²) in [4.78, 5) is 0. The van der Waals surface area contributed by atoms with Crippen molar-refractivity contribution in [2.45, 2.75) is 6.42 Å². The van der Waals surface area contributed by atoms with E-state index in [0.717, 1.165) is 10.0 Å². The van der Waals surface area contributed by atoms with Crippen LogP contribution in [0.4, 0.5) is 4.39 Å². The van der Waals surface area contributed by atoms with Gasteiger partial charge in [0.15, 0.2) is 0 Å². The molecule has 0 spiro atoms. The molecule has 0 unspecified atom stereocenters. The fourth-order valence-electron chi connectivity index (χ4n) is 2.02. The quantitative estimate of drug-likeness (QED) is 0.597. The van der Waals surface area contributed by atoms with E-state index in [9.17, 15) is 4.39 Å². The Bertz CT molecular complexity index is 863. The normalized spacial score (nSPS) is 11.3. The van der Waals surface area contributed by atoms with Gasteiger partial charge < -0.3 is 4.42 Å². The molecule has 1 aromatic heterocycles. The summed E-state index contributed by atoms with van der Waals surface area (Å²) in [5, 5.41) is 8.28. The summed E-state index contributed by atoms with van der Waals surface area (Å²) in [6.45, 7) is 0. The number of rotatable bonds is 4. The van der Waals surface area contributed by atoms with Gasteiger partial charge in [0.25, 0.3) is 0 Å². The summed E-state index contributed by atoms with van der Waals surface area (Å²) in [5.41, 5.74) is 1.46. The Labute approximate surface area is 145 Å². The van der Waals surface area contributed by atoms with Gasteiger partial charge >= 0.3 is 0 Å². The molecule has 0 aliphatic carbocycles. The maximum Gasteiger partial charge on any atom is 0.240 e. The van der Waals surface area contributed by atoms with E-state index < -0.39 is 5.82 Å². The largest absolute Gasteiger partial charge is 0.421 e. The van der Waals surface area contributed by atoms with E-state index >= 15 is 0 Å². The van der Waals surface area contributed by atoms with Gasteiger partial charge in [-0.25, -0.2) is 4.39 Å². The molecule has 3 aromatic rings. The third-order valence-corrected chi connectivity index (χ3v) is 3.82. The van der Waals surface area contributed by atoms with Gasteiger partial charge in [-0.05, 0) is 35.9 Å². The second-order valence-electron chi connectivity index (χ2n) is 4.84. The van der Waals surface area contributed by atoms with Crippen molar-refractivity contribution in [1.82, 2.24) is 10.2 Å². The molecule has 1 heterocycles. The summed E-state index contributed by atoms with van der Waals surface area (Å²) in [6.07, 6.45) is 3.68. The SMILES string of the molecule is Fc1cc(Cl)ccc1/C=C/c1nnc(Cc2cccc(Br)c2)o1. The van der Waals surface area contributed by atoms with Crippen LogP contribution in [0.1, 0.15) is 22.9 Å². The summed E-state index contributed by atoms with van der Waals surface area (Å²) in [7, 11) is 0. The predicted molar refractivity (Wildman–Crippen MR) is 91.6 cm³/mol. The minimum atomic E-state index is -0.400. The zero-order valence-corrected chi connectivity index (χ0v) is 14.2. The van der Waals surface area contributed by atoms with Gasteiger partial charge in [0.1, 0.15) is 5.82 Å². The molecule has 0 amide bonds. The van der Waals surface area contributed by atoms with Gasteiger partial charge in [0, 0.05) is 21.1 Å². The molecule has 0 saturated carbocycles. The molecule has 0 aliphatic heterocycles. The fraction of sp³-hybridized carbons (Fsp3) is 0.0588. The lowest BCUT2D eigenvalue weighted by Gasteiger charge is -1.97. The molecule has 2 aromatic carbocycles. The summed E-state index contributed by atoms with van der Waals surface area (Å²) < 4.78 is 20.2. The molecule has 0 bridgehead atoms. The maximum absolute atomic E-state index is 13.7. The fourth-order valence-corrected chi connectivity index (χ4v) is 2.63. The summed E-state index contributed by atoms with van der Waals surface area (Å²) in [5.74, 6) is 0.422. The highest BCUT2D eigenvalue weighted by molar-refractivity contribution is 9.10. The van der Waals surface area contributed by atoms with Crippen LogP contribution >= 0.6 is 27.5 Å². The summed E-state index contributed by atoms with van der Waals surface area (Å²) in [6, 6.07) is 12.3. The smallest absolute Gasteiger partial charge is 0.240 e. The van der Waals surface area contributed by atoms with Crippen molar-refractivity contribution in [3.8, 4) is 0 Å². The van der Waals surface area contributed by atoms with Crippen molar-refractivity contribution in [2.24, 2.45) is 0 Å². The van der Waals surface area contributed by atoms with Crippen LogP contribution in [0.2, 0.25) is 5.02 Å². The van der Waals surface area contributed by atoms with Crippen LogP contribution in [0.3, 0.4) is 0 Å². The molecule has 3 rings (SSSR count). The highest BCUT2D eigenvalue weighted by Crippen LogP contribution is 2.18. The molecule has 0 radical (unpaired) electrons. The molecule has 116 valence electrons. The monoisotopic (exact) mass is 392 g/mol. The predicted octanol–water partition coefficient (Wildman–Crippen LogP) is 5.39. The van der Waals surface area contributed by atoms with Gasteiger partial charge in [-0.2, -0.15) is 0 Å². The topological polar surface area (TPSA) is 38.9 Å². The first kappa shape index (κ1) is 15.9. The Kier molecular flexibility index (Phi) is 4.88. The number of halogens is 3. The van der Waals surface area contributed by atoms with E-state index in [0.29, 0.717) is 28.8 Å². The van der Waals surface area contributed by atoms with Crippen molar-refractivity contribution in [3.05, 3.63) is 80.7 Å². The third-order valence-electron chi connectivity index (χ3n) is 3.09. The lowest BCUT2D eigenvalue weighted by atomic mass is 10.1. The number of hydrogen-bond donors (Lipinski definition) is 0. The standard InChI is InChI=1S/C17H11BrClFN2O/c18-13-3-1-2-11(8-13)9-17-22-21-16(23-17)7-5-12-4-6-14(19)10-15(12)20/h1-8,10H,9H2/b7-5+. The lowest BCUT2D eigenvalue weighted by Crippen LogP contribution is -1.87. The zero-order chi connectivity index (χ0) is 16.2. The number of aromatic nitrogens is 2. The Hall–Kier alpha value is -1.98. The Morgan fingerprint density at radius 2 is 2.00 bits per heavy atom. The van der Waals surface area contributed by atoms with Crippen molar-refractivity contribution in [1.29, 1.82) is 0 Å². The van der Waals surface area contributed by atoms with E-state index in [1.54, 1.807) is 24.3 Å². The van der Waals surface area contributed by atoms with Gasteiger partial charge in [-0.15, -0.1) is 10.2 Å². The van der Waals surface area contributed by atoms with Gasteiger partial charge in [-0.3, -0.25) is 0 Å². The first-order valence-corrected chi connectivity index (χ1v) is 7.97. The Morgan fingerprint density at radius 3 is 2.78 bits per heavy atom. The van der Waals surface area contributed by atoms with Crippen LogP contribution in [-0.4, -0.2) is 10.2 Å². The molecule has 0 N–H and O–H groups in total. The van der Waals surface area contributed by atoms with Crippen LogP contribution in [0, 0.1) is 5.82 Å². The molecule has 0 fully saturated rings. The maximum atomic E-state index is 13.7. The summed E-state index contributed by atoms with van der Waals surface area (Å²) >= 11 is 9.14. The van der Waals surface area contributed by atoms with E-state index in [1.807, 2.05) is 24.3 Å². The molecular formula is C17H11BrClFN2O. The second-order valence-corrected chi connectivity index (χ2v) is 6.19. The van der Waals surface area contributed by atoms with Crippen LogP contribution in [0.5, 0.6) is 0 Å². The molecule has 23 heavy (non-hydrogen) atoms. The highest BCUT2D eigenvalue weighted by atomic mass is 79.9. The third kappa shape index (κ3) is 4.27. The zero-order valence-electron chi connectivity index (χ0n) is 11.8. The molecule has 0 aliphatic rings. The van der Waals surface area contributed by atoms with Gasteiger partial charge in [0.05, 0.1) is 6.42 Å². The van der Waals surface area contributed by atoms with Crippen LogP contribution in [0.25, 0.3) is 12.2 Å². The van der Waals surface area contributed by atoms with E-state index in [1.165, 1.54) is 6.07 Å². The van der Waals surface area contributed by atoms with Crippen molar-refractivity contribution in [3.63, 3.8) is 0 Å². The molecule has 0 atom stereocenters. The lowest BCUT2D eigenvalue weighted by molar-refractivity contribution is 0.496. The minimum Gasteiger partial charge on any atom is -0.421 e. The van der Waals surface area contributed by atoms with Crippen LogP contribution in [-0.2, 0) is 6.42 Å². The van der Waals surface area contributed by atoms with Crippen LogP contribution in [0.15, 0.2) is 51.4 Å². The van der Waals surface area contributed by atoms with Crippen molar-refractivity contribution < 1.29 is 8.81 Å². The second kappa shape index (κ2) is 7.06. The van der Waals surface area contributed by atoms with Crippen molar-refractivity contribution >= 4 is 39.7 Å². The van der Waals surface area contributed by atoms with Crippen molar-refractivity contribution in [2.75, 3.05) is 0 Å². The van der Waals surface area contributed by atoms with Gasteiger partial charge in [-0.1, -0.05) is 45.7 Å². The molecule has 3 nitrogen and oxygen atoms in total. The van der Waals surface area contributed by atoms with Crippen LogP contribution < -0.4 is 0 Å². The average Bonchev–Trinajstić information content (AvgIpc) is 2.94. The van der Waals surface area contributed by atoms with E-state index in [2.05, 4.69) is 26.1 Å². The number of nitrogens with zero attached hydrogens (tertiary/aromatic N) is 2. The highest BCUT2D eigenvalue weighted by Gasteiger charge is 2.06. The van der Waals surface area contributed by atoms with Gasteiger partial charge in [0.2, 0.25) is 11.8 Å². The van der Waals surface area contributed by atoms with E-state index in [-0.39, 0.29) is 0 Å². The molecule has 6 heteroatoms. The van der Waals surface area contributed by atoms with E-state index in [4.69, 9.17) is 16.0 Å².